The average molecular weight is 482 g/mol. The monoisotopic (exact) mass is 480 g/mol. The van der Waals surface area contributed by atoms with Crippen molar-refractivity contribution in [2.24, 2.45) is 0 Å². The standard InChI is InChI=1S/C18H14Br2N2O4/c1-25-15-9-10(8-14(20)16(15)26-2)7-13-17(23)21-22(18(13)24)12-5-3-11(19)4-6-12/h3-9H,1-2H3,(H,21,23). The number of nitrogens with one attached hydrogen (secondary N) is 1. The van der Waals surface area contributed by atoms with Gasteiger partial charge in [-0.05, 0) is 64.0 Å². The van der Waals surface area contributed by atoms with E-state index in [1.54, 1.807) is 36.4 Å². The smallest absolute Gasteiger partial charge is 0.282 e. The molecule has 3 rings (SSSR count). The first-order chi connectivity index (χ1) is 12.4. The number of hydrogen-bond donors (Lipinski definition) is 1. The molecule has 6 nitrogen and oxygen atoms in total. The van der Waals surface area contributed by atoms with Crippen LogP contribution in [0.4, 0.5) is 5.69 Å². The zero-order valence-corrected chi connectivity index (χ0v) is 17.0. The van der Waals surface area contributed by atoms with Crippen LogP contribution in [0.2, 0.25) is 0 Å². The van der Waals surface area contributed by atoms with Crippen molar-refractivity contribution in [1.82, 2.24) is 5.43 Å². The quantitative estimate of drug-likeness (QED) is 0.534. The Hall–Kier alpha value is -2.32. The van der Waals surface area contributed by atoms with Crippen LogP contribution in [-0.2, 0) is 9.59 Å². The summed E-state index contributed by atoms with van der Waals surface area (Å²) in [6, 6.07) is 10.5. The zero-order chi connectivity index (χ0) is 18.8. The van der Waals surface area contributed by atoms with E-state index in [1.165, 1.54) is 25.3 Å². The first-order valence-electron chi connectivity index (χ1n) is 7.49. The molecule has 134 valence electrons. The first-order valence-corrected chi connectivity index (χ1v) is 9.07. The number of amides is 2. The number of hydrogen-bond acceptors (Lipinski definition) is 4. The number of benzene rings is 2. The van der Waals surface area contributed by atoms with E-state index in [0.29, 0.717) is 27.2 Å². The van der Waals surface area contributed by atoms with Crippen LogP contribution in [0, 0.1) is 0 Å². The molecule has 0 radical (unpaired) electrons. The number of ether oxygens (including phenoxy) is 2. The maximum absolute atomic E-state index is 12.7. The van der Waals surface area contributed by atoms with E-state index in [2.05, 4.69) is 37.3 Å². The summed E-state index contributed by atoms with van der Waals surface area (Å²) in [5.41, 5.74) is 3.81. The van der Waals surface area contributed by atoms with Crippen molar-refractivity contribution in [2.45, 2.75) is 0 Å². The molecule has 1 N–H and O–H groups in total. The third-order valence-electron chi connectivity index (χ3n) is 3.74. The molecule has 0 saturated carbocycles. The highest BCUT2D eigenvalue weighted by molar-refractivity contribution is 9.10. The fourth-order valence-electron chi connectivity index (χ4n) is 2.52. The molecule has 8 heteroatoms. The second kappa shape index (κ2) is 7.51. The lowest BCUT2D eigenvalue weighted by Crippen LogP contribution is -2.35. The highest BCUT2D eigenvalue weighted by atomic mass is 79.9. The van der Waals surface area contributed by atoms with Gasteiger partial charge in [-0.25, -0.2) is 5.01 Å². The van der Waals surface area contributed by atoms with Crippen LogP contribution >= 0.6 is 31.9 Å². The van der Waals surface area contributed by atoms with Gasteiger partial charge in [0.1, 0.15) is 5.57 Å². The van der Waals surface area contributed by atoms with Crippen LogP contribution in [-0.4, -0.2) is 26.0 Å². The molecule has 2 amide bonds. The van der Waals surface area contributed by atoms with Gasteiger partial charge in [0.05, 0.1) is 24.4 Å². The van der Waals surface area contributed by atoms with Gasteiger partial charge in [-0.2, -0.15) is 0 Å². The van der Waals surface area contributed by atoms with Crippen molar-refractivity contribution < 1.29 is 19.1 Å². The van der Waals surface area contributed by atoms with Crippen LogP contribution < -0.4 is 19.9 Å². The van der Waals surface area contributed by atoms with Crippen LogP contribution in [0.1, 0.15) is 5.56 Å². The molecule has 2 aromatic rings. The van der Waals surface area contributed by atoms with Gasteiger partial charge in [-0.15, -0.1) is 0 Å². The molecule has 0 bridgehead atoms. The van der Waals surface area contributed by atoms with E-state index in [-0.39, 0.29) is 5.57 Å². The molecule has 1 saturated heterocycles. The Morgan fingerprint density at radius 1 is 1.04 bits per heavy atom. The highest BCUT2D eigenvalue weighted by Gasteiger charge is 2.34. The summed E-state index contributed by atoms with van der Waals surface area (Å²) in [6.45, 7) is 0. The minimum absolute atomic E-state index is 0.0343. The van der Waals surface area contributed by atoms with E-state index < -0.39 is 11.8 Å². The molecule has 26 heavy (non-hydrogen) atoms. The SMILES string of the molecule is COc1cc(C=C2C(=O)NN(c3ccc(Br)cc3)C2=O)cc(Br)c1OC. The van der Waals surface area contributed by atoms with E-state index in [1.807, 2.05) is 0 Å². The Balaban J connectivity index is 1.96. The topological polar surface area (TPSA) is 67.9 Å². The lowest BCUT2D eigenvalue weighted by molar-refractivity contribution is -0.117. The summed E-state index contributed by atoms with van der Waals surface area (Å²) < 4.78 is 12.1. The van der Waals surface area contributed by atoms with Crippen LogP contribution in [0.25, 0.3) is 6.08 Å². The van der Waals surface area contributed by atoms with E-state index in [9.17, 15) is 9.59 Å². The third-order valence-corrected chi connectivity index (χ3v) is 4.86. The number of nitrogens with zero attached hydrogens (tertiary/aromatic N) is 1. The van der Waals surface area contributed by atoms with Gasteiger partial charge >= 0.3 is 0 Å². The number of rotatable bonds is 4. The van der Waals surface area contributed by atoms with Gasteiger partial charge in [-0.1, -0.05) is 15.9 Å². The van der Waals surface area contributed by atoms with Gasteiger partial charge in [0.2, 0.25) is 0 Å². The lowest BCUT2D eigenvalue weighted by Gasteiger charge is -2.14. The summed E-state index contributed by atoms with van der Waals surface area (Å²) >= 11 is 6.74. The predicted octanol–water partition coefficient (Wildman–Crippen LogP) is 3.69. The number of methoxy groups -OCH3 is 2. The number of carbonyl (C=O) groups excluding carboxylic acids is 2. The van der Waals surface area contributed by atoms with E-state index >= 15 is 0 Å². The number of carbonyl (C=O) groups is 2. The van der Waals surface area contributed by atoms with Crippen molar-refractivity contribution >= 4 is 55.4 Å². The van der Waals surface area contributed by atoms with Gasteiger partial charge < -0.3 is 9.47 Å². The molecule has 0 aliphatic carbocycles. The summed E-state index contributed by atoms with van der Waals surface area (Å²) in [5, 5.41) is 1.22. The maximum atomic E-state index is 12.7. The molecule has 2 aromatic carbocycles. The minimum Gasteiger partial charge on any atom is -0.493 e. The highest BCUT2D eigenvalue weighted by Crippen LogP contribution is 2.37. The number of anilines is 1. The second-order valence-corrected chi connectivity index (χ2v) is 7.12. The number of halogens is 2. The van der Waals surface area contributed by atoms with E-state index in [0.717, 1.165) is 4.47 Å². The van der Waals surface area contributed by atoms with Crippen molar-refractivity contribution in [3.63, 3.8) is 0 Å². The minimum atomic E-state index is -0.469. The van der Waals surface area contributed by atoms with Crippen LogP contribution in [0.5, 0.6) is 11.5 Å². The van der Waals surface area contributed by atoms with Crippen LogP contribution in [0.3, 0.4) is 0 Å². The van der Waals surface area contributed by atoms with Gasteiger partial charge in [-0.3, -0.25) is 15.0 Å². The average Bonchev–Trinajstić information content (AvgIpc) is 2.90. The Kier molecular flexibility index (Phi) is 5.33. The summed E-state index contributed by atoms with van der Waals surface area (Å²) in [5.74, 6) is 0.129. The summed E-state index contributed by atoms with van der Waals surface area (Å²) in [7, 11) is 3.05. The maximum Gasteiger partial charge on any atom is 0.282 e. The molecule has 1 aliphatic rings. The van der Waals surface area contributed by atoms with Crippen molar-refractivity contribution in [1.29, 1.82) is 0 Å². The molecular weight excluding hydrogens is 468 g/mol. The number of hydrazine groups is 1. The van der Waals surface area contributed by atoms with Crippen LogP contribution in [0.15, 0.2) is 50.9 Å². The Morgan fingerprint density at radius 3 is 2.35 bits per heavy atom. The summed E-state index contributed by atoms with van der Waals surface area (Å²) in [6.07, 6.45) is 1.52. The Morgan fingerprint density at radius 2 is 1.73 bits per heavy atom. The fraction of sp³-hybridized carbons (Fsp3) is 0.111. The molecule has 0 unspecified atom stereocenters. The molecule has 0 aromatic heterocycles. The fourth-order valence-corrected chi connectivity index (χ4v) is 3.40. The second-order valence-electron chi connectivity index (χ2n) is 5.35. The van der Waals surface area contributed by atoms with Crippen molar-refractivity contribution in [3.05, 3.63) is 56.5 Å². The normalized spacial score (nSPS) is 15.4. The van der Waals surface area contributed by atoms with Gasteiger partial charge in [0.25, 0.3) is 11.8 Å². The lowest BCUT2D eigenvalue weighted by atomic mass is 10.1. The summed E-state index contributed by atoms with van der Waals surface area (Å²) in [4.78, 5) is 24.9. The Bertz CT molecular complexity index is 910. The molecular formula is C18H14Br2N2O4. The third kappa shape index (κ3) is 3.47. The predicted molar refractivity (Wildman–Crippen MR) is 105 cm³/mol. The molecule has 0 spiro atoms. The van der Waals surface area contributed by atoms with Gasteiger partial charge in [0.15, 0.2) is 11.5 Å². The zero-order valence-electron chi connectivity index (χ0n) is 13.9. The van der Waals surface area contributed by atoms with Crippen molar-refractivity contribution in [2.75, 3.05) is 19.2 Å². The molecule has 0 atom stereocenters. The van der Waals surface area contributed by atoms with Gasteiger partial charge in [0, 0.05) is 4.47 Å². The van der Waals surface area contributed by atoms with E-state index in [4.69, 9.17) is 9.47 Å². The molecule has 1 aliphatic heterocycles. The Labute approximate surface area is 167 Å². The largest absolute Gasteiger partial charge is 0.493 e. The molecule has 1 heterocycles. The van der Waals surface area contributed by atoms with Crippen molar-refractivity contribution in [3.8, 4) is 11.5 Å². The first kappa shape index (κ1) is 18.5. The molecule has 1 fully saturated rings.